The Bertz CT molecular complexity index is 661. The van der Waals surface area contributed by atoms with Crippen molar-refractivity contribution >= 4 is 21.8 Å². The van der Waals surface area contributed by atoms with Crippen LogP contribution in [0, 0.1) is 5.82 Å². The Balaban J connectivity index is 2.06. The standard InChI is InChI=1S/C15H15BrFN3O/c16-14-6-5-12(17)7-11(14)9-19-8-10-3-1-2-4-13(10)15(18)20-21/h1-7,19,21H,8-9H2,(H2,18,20). The van der Waals surface area contributed by atoms with Gasteiger partial charge in [-0.1, -0.05) is 45.4 Å². The van der Waals surface area contributed by atoms with Crippen molar-refractivity contribution in [3.05, 3.63) is 69.4 Å². The van der Waals surface area contributed by atoms with E-state index in [-0.39, 0.29) is 11.7 Å². The zero-order valence-electron chi connectivity index (χ0n) is 11.2. The van der Waals surface area contributed by atoms with Gasteiger partial charge in [0.25, 0.3) is 0 Å². The molecule has 0 aliphatic heterocycles. The van der Waals surface area contributed by atoms with Crippen LogP contribution < -0.4 is 11.1 Å². The molecule has 0 aliphatic carbocycles. The van der Waals surface area contributed by atoms with E-state index < -0.39 is 0 Å². The summed E-state index contributed by atoms with van der Waals surface area (Å²) in [5.41, 5.74) is 8.04. The van der Waals surface area contributed by atoms with Crippen LogP contribution in [0.3, 0.4) is 0 Å². The Labute approximate surface area is 130 Å². The van der Waals surface area contributed by atoms with Gasteiger partial charge in [0.1, 0.15) is 5.82 Å². The quantitative estimate of drug-likeness (QED) is 0.335. The maximum absolute atomic E-state index is 13.2. The average molecular weight is 352 g/mol. The van der Waals surface area contributed by atoms with Crippen molar-refractivity contribution in [1.29, 1.82) is 0 Å². The van der Waals surface area contributed by atoms with Crippen molar-refractivity contribution in [3.8, 4) is 0 Å². The van der Waals surface area contributed by atoms with E-state index in [1.54, 1.807) is 12.1 Å². The van der Waals surface area contributed by atoms with Crippen LogP contribution in [-0.2, 0) is 13.1 Å². The van der Waals surface area contributed by atoms with Crippen molar-refractivity contribution in [1.82, 2.24) is 5.32 Å². The van der Waals surface area contributed by atoms with Crippen LogP contribution in [0.15, 0.2) is 52.1 Å². The van der Waals surface area contributed by atoms with Gasteiger partial charge in [0.05, 0.1) is 0 Å². The maximum atomic E-state index is 13.2. The van der Waals surface area contributed by atoms with Crippen LogP contribution >= 0.6 is 15.9 Å². The molecule has 0 spiro atoms. The van der Waals surface area contributed by atoms with Crippen molar-refractivity contribution in [3.63, 3.8) is 0 Å². The second kappa shape index (κ2) is 7.19. The molecule has 0 unspecified atom stereocenters. The van der Waals surface area contributed by atoms with E-state index >= 15 is 0 Å². The second-order valence-electron chi connectivity index (χ2n) is 4.48. The predicted octanol–water partition coefficient (Wildman–Crippen LogP) is 2.97. The largest absolute Gasteiger partial charge is 0.409 e. The lowest BCUT2D eigenvalue weighted by Crippen LogP contribution is -2.19. The predicted molar refractivity (Wildman–Crippen MR) is 83.6 cm³/mol. The van der Waals surface area contributed by atoms with Crippen LogP contribution in [0.25, 0.3) is 0 Å². The number of oxime groups is 1. The molecule has 4 N–H and O–H groups in total. The van der Waals surface area contributed by atoms with Crippen LogP contribution in [0.4, 0.5) is 4.39 Å². The van der Waals surface area contributed by atoms with E-state index in [4.69, 9.17) is 10.9 Å². The molecule has 0 amide bonds. The van der Waals surface area contributed by atoms with Crippen LogP contribution in [0.1, 0.15) is 16.7 Å². The van der Waals surface area contributed by atoms with E-state index in [2.05, 4.69) is 26.4 Å². The summed E-state index contributed by atoms with van der Waals surface area (Å²) in [5, 5.41) is 15.0. The summed E-state index contributed by atoms with van der Waals surface area (Å²) >= 11 is 3.39. The Kier molecular flexibility index (Phi) is 5.30. The van der Waals surface area contributed by atoms with Crippen molar-refractivity contribution in [2.75, 3.05) is 0 Å². The number of nitrogens with one attached hydrogen (secondary N) is 1. The smallest absolute Gasteiger partial charge is 0.170 e. The Morgan fingerprint density at radius 2 is 1.90 bits per heavy atom. The highest BCUT2D eigenvalue weighted by molar-refractivity contribution is 9.10. The van der Waals surface area contributed by atoms with E-state index in [1.165, 1.54) is 12.1 Å². The molecule has 0 saturated carbocycles. The van der Waals surface area contributed by atoms with Crippen molar-refractivity contribution < 1.29 is 9.60 Å². The van der Waals surface area contributed by atoms with Crippen LogP contribution in [0.5, 0.6) is 0 Å². The molecule has 0 fully saturated rings. The third kappa shape index (κ3) is 4.03. The highest BCUT2D eigenvalue weighted by Gasteiger charge is 2.07. The highest BCUT2D eigenvalue weighted by Crippen LogP contribution is 2.18. The minimum atomic E-state index is -0.271. The summed E-state index contributed by atoms with van der Waals surface area (Å²) in [4.78, 5) is 0. The van der Waals surface area contributed by atoms with Crippen molar-refractivity contribution in [2.24, 2.45) is 10.9 Å². The first-order valence-corrected chi connectivity index (χ1v) is 7.11. The molecule has 0 aliphatic rings. The first-order valence-electron chi connectivity index (χ1n) is 6.32. The van der Waals surface area contributed by atoms with Gasteiger partial charge in [0.15, 0.2) is 5.84 Å². The molecule has 6 heteroatoms. The van der Waals surface area contributed by atoms with Gasteiger partial charge in [-0.25, -0.2) is 4.39 Å². The number of benzene rings is 2. The molecular weight excluding hydrogens is 337 g/mol. The summed E-state index contributed by atoms with van der Waals surface area (Å²) in [5.74, 6) is -0.202. The molecule has 0 saturated heterocycles. The van der Waals surface area contributed by atoms with Gasteiger partial charge >= 0.3 is 0 Å². The lowest BCUT2D eigenvalue weighted by molar-refractivity contribution is 0.318. The van der Waals surface area contributed by atoms with Crippen LogP contribution in [-0.4, -0.2) is 11.0 Å². The van der Waals surface area contributed by atoms with Gasteiger partial charge in [-0.15, -0.1) is 0 Å². The van der Waals surface area contributed by atoms with E-state index in [1.807, 2.05) is 18.2 Å². The van der Waals surface area contributed by atoms with Gasteiger partial charge in [-0.2, -0.15) is 0 Å². The Hall–Kier alpha value is -1.92. The zero-order chi connectivity index (χ0) is 15.2. The number of nitrogens with two attached hydrogens (primary N) is 1. The molecule has 0 atom stereocenters. The molecule has 4 nitrogen and oxygen atoms in total. The third-order valence-electron chi connectivity index (χ3n) is 3.04. The molecule has 2 rings (SSSR count). The molecule has 0 radical (unpaired) electrons. The number of hydrogen-bond acceptors (Lipinski definition) is 3. The molecule has 0 aromatic heterocycles. The highest BCUT2D eigenvalue weighted by atomic mass is 79.9. The minimum Gasteiger partial charge on any atom is -0.409 e. The summed E-state index contributed by atoms with van der Waals surface area (Å²) < 4.78 is 14.1. The fourth-order valence-corrected chi connectivity index (χ4v) is 2.38. The van der Waals surface area contributed by atoms with Crippen LogP contribution in [0.2, 0.25) is 0 Å². The first-order chi connectivity index (χ1) is 10.1. The maximum Gasteiger partial charge on any atom is 0.170 e. The summed E-state index contributed by atoms with van der Waals surface area (Å²) in [7, 11) is 0. The SMILES string of the molecule is NC(=NO)c1ccccc1CNCc1cc(F)ccc1Br. The van der Waals surface area contributed by atoms with Gasteiger partial charge < -0.3 is 16.3 Å². The average Bonchev–Trinajstić information content (AvgIpc) is 2.50. The van der Waals surface area contributed by atoms with E-state index in [0.717, 1.165) is 15.6 Å². The number of rotatable bonds is 5. The third-order valence-corrected chi connectivity index (χ3v) is 3.81. The second-order valence-corrected chi connectivity index (χ2v) is 5.34. The lowest BCUT2D eigenvalue weighted by atomic mass is 10.1. The number of nitrogens with zero attached hydrogens (tertiary/aromatic N) is 1. The fraction of sp³-hybridized carbons (Fsp3) is 0.133. The molecule has 21 heavy (non-hydrogen) atoms. The topological polar surface area (TPSA) is 70.6 Å². The normalized spacial score (nSPS) is 11.6. The molecule has 2 aromatic carbocycles. The van der Waals surface area contributed by atoms with Gasteiger partial charge in [0, 0.05) is 23.1 Å². The van der Waals surface area contributed by atoms with E-state index in [9.17, 15) is 4.39 Å². The minimum absolute atomic E-state index is 0.0688. The molecule has 0 bridgehead atoms. The summed E-state index contributed by atoms with van der Waals surface area (Å²) in [6.07, 6.45) is 0. The van der Waals surface area contributed by atoms with Gasteiger partial charge in [-0.3, -0.25) is 0 Å². The van der Waals surface area contributed by atoms with Crippen molar-refractivity contribution in [2.45, 2.75) is 13.1 Å². The number of amidine groups is 1. The van der Waals surface area contributed by atoms with Gasteiger partial charge in [0.2, 0.25) is 0 Å². The van der Waals surface area contributed by atoms with Gasteiger partial charge in [-0.05, 0) is 29.3 Å². The summed E-state index contributed by atoms with van der Waals surface area (Å²) in [6.45, 7) is 1.03. The lowest BCUT2D eigenvalue weighted by Gasteiger charge is -2.10. The van der Waals surface area contributed by atoms with E-state index in [0.29, 0.717) is 18.7 Å². The first kappa shape index (κ1) is 15.5. The number of hydrogen-bond donors (Lipinski definition) is 3. The summed E-state index contributed by atoms with van der Waals surface area (Å²) in [6, 6.07) is 11.9. The fourth-order valence-electron chi connectivity index (χ4n) is 1.99. The Morgan fingerprint density at radius 1 is 1.19 bits per heavy atom. The zero-order valence-corrected chi connectivity index (χ0v) is 12.8. The molecule has 110 valence electrons. The monoisotopic (exact) mass is 351 g/mol. The molecule has 0 heterocycles. The number of halogens is 2. The molecule has 2 aromatic rings. The molecular formula is C15H15BrFN3O. The Morgan fingerprint density at radius 3 is 2.67 bits per heavy atom.